The number of aryl methyl sites for hydroxylation is 2. The predicted octanol–water partition coefficient (Wildman–Crippen LogP) is 4.41. The number of rotatable bonds is 8. The number of imidazole rings is 1. The maximum atomic E-state index is 14.2. The summed E-state index contributed by atoms with van der Waals surface area (Å²) in [6.45, 7) is 2.86. The molecule has 0 saturated heterocycles. The molecule has 4 aromatic rings. The van der Waals surface area contributed by atoms with Gasteiger partial charge in [-0.15, -0.1) is 0 Å². The van der Waals surface area contributed by atoms with Gasteiger partial charge in [0.2, 0.25) is 0 Å². The molecule has 0 N–H and O–H groups in total. The summed E-state index contributed by atoms with van der Waals surface area (Å²) >= 11 is -2.03. The fourth-order valence-corrected chi connectivity index (χ4v) is 5.08. The highest BCUT2D eigenvalue weighted by Gasteiger charge is 2.27. The van der Waals surface area contributed by atoms with Crippen molar-refractivity contribution >= 4 is 11.2 Å². The van der Waals surface area contributed by atoms with Gasteiger partial charge in [-0.05, 0) is 50.4 Å². The highest BCUT2D eigenvalue weighted by atomic mass is 32.2. The minimum atomic E-state index is -2.03. The van der Waals surface area contributed by atoms with Gasteiger partial charge in [-0.2, -0.15) is 10.1 Å². The maximum Gasteiger partial charge on any atom is 0.328 e. The van der Waals surface area contributed by atoms with Gasteiger partial charge >= 0.3 is 5.16 Å². The summed E-state index contributed by atoms with van der Waals surface area (Å²) in [5, 5.41) is 4.36. The van der Waals surface area contributed by atoms with E-state index in [0.29, 0.717) is 30.5 Å². The standard InChI is InChI=1S/C24H23F4N5OS/c1-15-16(12-32(3)30-15)11-31(2)13-19-10-29-24(33(19)18-6-4-17(25)5-7-18)35(34)14-20-21(26)8-9-22(27)23(20)28/h4-10,12H,11,13-14H2,1-3H3. The molecule has 1 atom stereocenters. The van der Waals surface area contributed by atoms with E-state index in [4.69, 9.17) is 0 Å². The fraction of sp³-hybridized carbons (Fsp3) is 0.250. The smallest absolute Gasteiger partial charge is 0.328 e. The summed E-state index contributed by atoms with van der Waals surface area (Å²) in [5.41, 5.74) is 2.41. The second-order valence-corrected chi connectivity index (χ2v) is 9.59. The molecule has 0 amide bonds. The number of halogens is 4. The van der Waals surface area contributed by atoms with E-state index in [9.17, 15) is 22.1 Å². The second-order valence-electron chi connectivity index (χ2n) is 8.24. The molecular formula is C24H23F4N5OS. The molecule has 11 heteroatoms. The largest absolute Gasteiger partial charge is 0.609 e. The lowest BCUT2D eigenvalue weighted by atomic mass is 10.2. The van der Waals surface area contributed by atoms with Gasteiger partial charge in [-0.3, -0.25) is 14.1 Å². The van der Waals surface area contributed by atoms with Crippen molar-refractivity contribution in [3.05, 3.63) is 94.6 Å². The molecule has 4 rings (SSSR count). The van der Waals surface area contributed by atoms with E-state index >= 15 is 0 Å². The second kappa shape index (κ2) is 10.2. The molecule has 0 aliphatic carbocycles. The molecule has 184 valence electrons. The molecule has 2 aromatic carbocycles. The SMILES string of the molecule is Cc1nn(C)cc1CN(C)Cc1cnc([S+]([O-])Cc2c(F)ccc(F)c2F)n1-c1ccc(F)cc1. The van der Waals surface area contributed by atoms with Gasteiger partial charge in [0.05, 0.1) is 28.8 Å². The monoisotopic (exact) mass is 505 g/mol. The Bertz CT molecular complexity index is 1340. The van der Waals surface area contributed by atoms with Crippen molar-refractivity contribution in [2.24, 2.45) is 7.05 Å². The predicted molar refractivity (Wildman–Crippen MR) is 123 cm³/mol. The van der Waals surface area contributed by atoms with Crippen LogP contribution < -0.4 is 0 Å². The van der Waals surface area contributed by atoms with Crippen molar-refractivity contribution in [1.29, 1.82) is 0 Å². The zero-order chi connectivity index (χ0) is 25.3. The van der Waals surface area contributed by atoms with E-state index in [1.807, 2.05) is 32.1 Å². The van der Waals surface area contributed by atoms with Crippen LogP contribution in [-0.2, 0) is 37.1 Å². The van der Waals surface area contributed by atoms with E-state index in [1.54, 1.807) is 9.25 Å². The summed E-state index contributed by atoms with van der Waals surface area (Å²) < 4.78 is 72.1. The van der Waals surface area contributed by atoms with Gasteiger partial charge in [0.15, 0.2) is 11.6 Å². The molecule has 0 aliphatic rings. The molecular weight excluding hydrogens is 482 g/mol. The average Bonchev–Trinajstić information content (AvgIpc) is 3.36. The van der Waals surface area contributed by atoms with Gasteiger partial charge in [-0.25, -0.2) is 17.6 Å². The van der Waals surface area contributed by atoms with Crippen molar-refractivity contribution in [2.75, 3.05) is 7.05 Å². The third-order valence-corrected chi connectivity index (χ3v) is 6.74. The Hall–Kier alpha value is -3.15. The number of aromatic nitrogens is 4. The van der Waals surface area contributed by atoms with Gasteiger partial charge in [-0.1, -0.05) is 0 Å². The van der Waals surface area contributed by atoms with Crippen LogP contribution in [0.15, 0.2) is 53.9 Å². The lowest BCUT2D eigenvalue weighted by molar-refractivity contribution is 0.311. The number of hydrogen-bond donors (Lipinski definition) is 0. The Kier molecular flexibility index (Phi) is 7.29. The maximum absolute atomic E-state index is 14.2. The molecule has 1 unspecified atom stereocenters. The molecule has 6 nitrogen and oxygen atoms in total. The van der Waals surface area contributed by atoms with Gasteiger partial charge < -0.3 is 4.55 Å². The average molecular weight is 506 g/mol. The lowest BCUT2D eigenvalue weighted by Gasteiger charge is -2.19. The van der Waals surface area contributed by atoms with E-state index in [1.165, 1.54) is 30.5 Å². The summed E-state index contributed by atoms with van der Waals surface area (Å²) in [6, 6.07) is 6.96. The van der Waals surface area contributed by atoms with Crippen molar-refractivity contribution in [1.82, 2.24) is 24.2 Å². The molecule has 0 spiro atoms. The quantitative estimate of drug-likeness (QED) is 0.202. The highest BCUT2D eigenvalue weighted by Crippen LogP contribution is 2.26. The zero-order valence-electron chi connectivity index (χ0n) is 19.3. The molecule has 0 bridgehead atoms. The topological polar surface area (TPSA) is 61.9 Å². The van der Waals surface area contributed by atoms with Crippen molar-refractivity contribution in [2.45, 2.75) is 30.9 Å². The van der Waals surface area contributed by atoms with Crippen LogP contribution in [0.25, 0.3) is 5.69 Å². The Morgan fingerprint density at radius 1 is 1.00 bits per heavy atom. The van der Waals surface area contributed by atoms with Crippen LogP contribution in [-0.4, -0.2) is 35.8 Å². The fourth-order valence-electron chi connectivity index (χ4n) is 3.83. The van der Waals surface area contributed by atoms with Crippen LogP contribution >= 0.6 is 0 Å². The van der Waals surface area contributed by atoms with Crippen molar-refractivity contribution in [3.8, 4) is 5.69 Å². The van der Waals surface area contributed by atoms with Crippen LogP contribution in [0.5, 0.6) is 0 Å². The molecule has 0 saturated carbocycles. The Balaban J connectivity index is 1.67. The van der Waals surface area contributed by atoms with Crippen molar-refractivity contribution < 1.29 is 22.1 Å². The number of hydrogen-bond acceptors (Lipinski definition) is 4. The highest BCUT2D eigenvalue weighted by molar-refractivity contribution is 7.90. The molecule has 2 heterocycles. The van der Waals surface area contributed by atoms with Crippen LogP contribution in [0.2, 0.25) is 0 Å². The van der Waals surface area contributed by atoms with Crippen LogP contribution in [0.4, 0.5) is 17.6 Å². The first-order valence-corrected chi connectivity index (χ1v) is 12.0. The summed E-state index contributed by atoms with van der Waals surface area (Å²) in [7, 11) is 3.73. The number of nitrogens with zero attached hydrogens (tertiary/aromatic N) is 5. The summed E-state index contributed by atoms with van der Waals surface area (Å²) in [6.07, 6.45) is 3.44. The van der Waals surface area contributed by atoms with Crippen LogP contribution in [0, 0.1) is 30.2 Å². The van der Waals surface area contributed by atoms with Gasteiger partial charge in [0.25, 0.3) is 0 Å². The third kappa shape index (κ3) is 5.42. The Morgan fingerprint density at radius 2 is 1.69 bits per heavy atom. The van der Waals surface area contributed by atoms with Gasteiger partial charge in [0.1, 0.15) is 17.4 Å². The molecule has 35 heavy (non-hydrogen) atoms. The third-order valence-electron chi connectivity index (χ3n) is 5.49. The minimum absolute atomic E-state index is 0.0145. The molecule has 2 aromatic heterocycles. The molecule has 0 fully saturated rings. The zero-order valence-corrected chi connectivity index (χ0v) is 20.1. The summed E-state index contributed by atoms with van der Waals surface area (Å²) in [5.74, 6) is -4.67. The van der Waals surface area contributed by atoms with Crippen LogP contribution in [0.1, 0.15) is 22.5 Å². The number of benzene rings is 2. The van der Waals surface area contributed by atoms with Crippen LogP contribution in [0.3, 0.4) is 0 Å². The van der Waals surface area contributed by atoms with E-state index < -0.39 is 45.8 Å². The minimum Gasteiger partial charge on any atom is -0.609 e. The van der Waals surface area contributed by atoms with E-state index in [2.05, 4.69) is 10.1 Å². The first kappa shape index (κ1) is 25.0. The van der Waals surface area contributed by atoms with Gasteiger partial charge in [0, 0.05) is 43.1 Å². The first-order chi connectivity index (χ1) is 16.6. The normalized spacial score (nSPS) is 12.5. The van der Waals surface area contributed by atoms with E-state index in [-0.39, 0.29) is 5.16 Å². The van der Waals surface area contributed by atoms with E-state index in [0.717, 1.165) is 17.3 Å². The molecule has 0 radical (unpaired) electrons. The molecule has 0 aliphatic heterocycles. The van der Waals surface area contributed by atoms with Crippen molar-refractivity contribution in [3.63, 3.8) is 0 Å². The Morgan fingerprint density at radius 3 is 2.34 bits per heavy atom. The summed E-state index contributed by atoms with van der Waals surface area (Å²) in [4.78, 5) is 6.26. The lowest BCUT2D eigenvalue weighted by Crippen LogP contribution is -2.21. The Labute approximate surface area is 203 Å². The first-order valence-electron chi connectivity index (χ1n) is 10.6.